The van der Waals surface area contributed by atoms with Gasteiger partial charge in [0.15, 0.2) is 5.78 Å². The van der Waals surface area contributed by atoms with Crippen LogP contribution in [0.1, 0.15) is 35.8 Å². The second-order valence-electron chi connectivity index (χ2n) is 7.16. The van der Waals surface area contributed by atoms with Gasteiger partial charge in [-0.2, -0.15) is 0 Å². The number of hydrogen-bond acceptors (Lipinski definition) is 5. The molecule has 8 heteroatoms. The third-order valence-electron chi connectivity index (χ3n) is 5.07. The lowest BCUT2D eigenvalue weighted by Crippen LogP contribution is -2.37. The number of carbonyl (C=O) groups excluding carboxylic acids is 1. The van der Waals surface area contributed by atoms with Crippen molar-refractivity contribution in [3.8, 4) is 0 Å². The highest BCUT2D eigenvalue weighted by molar-refractivity contribution is 7.89. The Bertz CT molecular complexity index is 942. The van der Waals surface area contributed by atoms with E-state index >= 15 is 0 Å². The third-order valence-corrected chi connectivity index (χ3v) is 7.13. The largest absolute Gasteiger partial charge is 0.308 e. The standard InChI is InChI=1S/C22H30ClN3O3S/c1-5-26(6-2)21(17-10-12-19(23)13-11-17)15-24-16-22(27)18-8-7-9-20(14-18)30(28,29)25(3)4/h7-14,21,24H,5-6,15-16H2,1-4H3. The molecule has 30 heavy (non-hydrogen) atoms. The Morgan fingerprint density at radius 2 is 1.70 bits per heavy atom. The lowest BCUT2D eigenvalue weighted by molar-refractivity contribution is 0.0986. The van der Waals surface area contributed by atoms with Crippen molar-refractivity contribution in [1.29, 1.82) is 0 Å². The van der Waals surface area contributed by atoms with Crippen LogP contribution >= 0.6 is 11.6 Å². The van der Waals surface area contributed by atoms with Gasteiger partial charge in [0.05, 0.1) is 11.4 Å². The molecule has 0 spiro atoms. The molecular weight excluding hydrogens is 422 g/mol. The molecule has 0 fully saturated rings. The molecule has 2 aromatic rings. The summed E-state index contributed by atoms with van der Waals surface area (Å²) < 4.78 is 25.8. The van der Waals surface area contributed by atoms with Crippen LogP contribution in [0.25, 0.3) is 0 Å². The summed E-state index contributed by atoms with van der Waals surface area (Å²) in [6.45, 7) is 6.68. The zero-order valence-corrected chi connectivity index (χ0v) is 19.5. The number of nitrogens with zero attached hydrogens (tertiary/aromatic N) is 2. The topological polar surface area (TPSA) is 69.7 Å². The molecule has 0 heterocycles. The number of Topliss-reactive ketones (excluding diaryl/α,β-unsaturated/α-hetero) is 1. The van der Waals surface area contributed by atoms with Crippen molar-refractivity contribution in [2.75, 3.05) is 40.3 Å². The van der Waals surface area contributed by atoms with Crippen molar-refractivity contribution in [1.82, 2.24) is 14.5 Å². The number of ketones is 1. The highest BCUT2D eigenvalue weighted by Crippen LogP contribution is 2.22. The molecule has 0 bridgehead atoms. The minimum Gasteiger partial charge on any atom is -0.308 e. The highest BCUT2D eigenvalue weighted by Gasteiger charge is 2.20. The van der Waals surface area contributed by atoms with Crippen LogP contribution in [0, 0.1) is 0 Å². The van der Waals surface area contributed by atoms with Crippen LogP contribution in [0.2, 0.25) is 5.02 Å². The minimum absolute atomic E-state index is 0.102. The van der Waals surface area contributed by atoms with Gasteiger partial charge < -0.3 is 5.32 Å². The van der Waals surface area contributed by atoms with E-state index in [1.54, 1.807) is 12.1 Å². The summed E-state index contributed by atoms with van der Waals surface area (Å²) in [4.78, 5) is 15.1. The molecule has 2 aromatic carbocycles. The third kappa shape index (κ3) is 6.12. The number of sulfonamides is 1. The molecule has 0 amide bonds. The number of carbonyl (C=O) groups is 1. The Morgan fingerprint density at radius 1 is 1.07 bits per heavy atom. The smallest absolute Gasteiger partial charge is 0.242 e. The summed E-state index contributed by atoms with van der Waals surface area (Å²) in [5.74, 6) is -0.153. The number of nitrogens with one attached hydrogen (secondary N) is 1. The van der Waals surface area contributed by atoms with Gasteiger partial charge in [-0.1, -0.05) is 49.7 Å². The van der Waals surface area contributed by atoms with Gasteiger partial charge in [-0.25, -0.2) is 12.7 Å². The summed E-state index contributed by atoms with van der Waals surface area (Å²) in [6.07, 6.45) is 0. The van der Waals surface area contributed by atoms with Crippen LogP contribution in [0.5, 0.6) is 0 Å². The van der Waals surface area contributed by atoms with Crippen LogP contribution in [0.3, 0.4) is 0 Å². The maximum absolute atomic E-state index is 12.7. The first-order chi connectivity index (χ1) is 14.2. The molecule has 0 aliphatic heterocycles. The second-order valence-corrected chi connectivity index (χ2v) is 9.75. The summed E-state index contributed by atoms with van der Waals surface area (Å²) >= 11 is 6.02. The maximum atomic E-state index is 12.7. The van der Waals surface area contributed by atoms with E-state index in [0.29, 0.717) is 17.1 Å². The number of likely N-dealkylation sites (N-methyl/N-ethyl adjacent to an activating group) is 1. The zero-order valence-electron chi connectivity index (χ0n) is 17.9. The normalized spacial score (nSPS) is 13.0. The Hall–Kier alpha value is -1.77. The van der Waals surface area contributed by atoms with Gasteiger partial charge in [0.25, 0.3) is 0 Å². The molecule has 1 atom stereocenters. The zero-order chi connectivity index (χ0) is 22.3. The molecule has 0 aromatic heterocycles. The highest BCUT2D eigenvalue weighted by atomic mass is 35.5. The van der Waals surface area contributed by atoms with Gasteiger partial charge in [0.2, 0.25) is 10.0 Å². The fourth-order valence-corrected chi connectivity index (χ4v) is 4.35. The summed E-state index contributed by atoms with van der Waals surface area (Å²) in [5.41, 5.74) is 1.50. The molecule has 1 N–H and O–H groups in total. The molecule has 0 saturated heterocycles. The molecule has 0 aliphatic rings. The van der Waals surface area contributed by atoms with E-state index in [1.165, 1.54) is 26.2 Å². The van der Waals surface area contributed by atoms with E-state index in [1.807, 2.05) is 24.3 Å². The lowest BCUT2D eigenvalue weighted by Gasteiger charge is -2.30. The number of rotatable bonds is 11. The molecule has 6 nitrogen and oxygen atoms in total. The van der Waals surface area contributed by atoms with Gasteiger partial charge in [-0.05, 0) is 42.9 Å². The quantitative estimate of drug-likeness (QED) is 0.530. The Labute approximate surface area is 184 Å². The first-order valence-corrected chi connectivity index (χ1v) is 11.8. The van der Waals surface area contributed by atoms with Gasteiger partial charge in [0.1, 0.15) is 0 Å². The lowest BCUT2D eigenvalue weighted by atomic mass is 10.0. The van der Waals surface area contributed by atoms with E-state index < -0.39 is 10.0 Å². The van der Waals surface area contributed by atoms with Crippen LogP contribution in [0.15, 0.2) is 53.4 Å². The van der Waals surface area contributed by atoms with Crippen LogP contribution in [-0.4, -0.2) is 63.7 Å². The number of benzene rings is 2. The van der Waals surface area contributed by atoms with Crippen molar-refractivity contribution in [3.05, 3.63) is 64.7 Å². The van der Waals surface area contributed by atoms with Gasteiger partial charge in [0, 0.05) is 37.3 Å². The number of halogens is 1. The van der Waals surface area contributed by atoms with Crippen molar-refractivity contribution >= 4 is 27.4 Å². The molecular formula is C22H30ClN3O3S. The van der Waals surface area contributed by atoms with Crippen molar-refractivity contribution in [3.63, 3.8) is 0 Å². The first-order valence-electron chi connectivity index (χ1n) is 9.96. The van der Waals surface area contributed by atoms with Crippen LogP contribution in [0.4, 0.5) is 0 Å². The second kappa shape index (κ2) is 11.0. The molecule has 0 aliphatic carbocycles. The van der Waals surface area contributed by atoms with E-state index in [4.69, 9.17) is 11.6 Å². The fourth-order valence-electron chi connectivity index (χ4n) is 3.27. The van der Waals surface area contributed by atoms with Gasteiger partial charge >= 0.3 is 0 Å². The average Bonchev–Trinajstić information content (AvgIpc) is 2.74. The van der Waals surface area contributed by atoms with Crippen molar-refractivity contribution in [2.24, 2.45) is 0 Å². The summed E-state index contributed by atoms with van der Waals surface area (Å²) in [5, 5.41) is 3.93. The van der Waals surface area contributed by atoms with Crippen molar-refractivity contribution < 1.29 is 13.2 Å². The molecule has 0 radical (unpaired) electrons. The maximum Gasteiger partial charge on any atom is 0.242 e. The van der Waals surface area contributed by atoms with E-state index in [0.717, 1.165) is 23.0 Å². The predicted molar refractivity (Wildman–Crippen MR) is 122 cm³/mol. The fraction of sp³-hybridized carbons (Fsp3) is 0.409. The Balaban J connectivity index is 2.10. The average molecular weight is 452 g/mol. The van der Waals surface area contributed by atoms with E-state index in [2.05, 4.69) is 24.1 Å². The molecule has 2 rings (SSSR count). The van der Waals surface area contributed by atoms with E-state index in [-0.39, 0.29) is 23.3 Å². The van der Waals surface area contributed by atoms with E-state index in [9.17, 15) is 13.2 Å². The predicted octanol–water partition coefficient (Wildman–Crippen LogP) is 3.45. The molecule has 164 valence electrons. The minimum atomic E-state index is -3.58. The molecule has 1 unspecified atom stereocenters. The molecule has 0 saturated carbocycles. The van der Waals surface area contributed by atoms with Crippen LogP contribution in [-0.2, 0) is 10.0 Å². The monoisotopic (exact) mass is 451 g/mol. The number of hydrogen-bond donors (Lipinski definition) is 1. The van der Waals surface area contributed by atoms with Crippen molar-refractivity contribution in [2.45, 2.75) is 24.8 Å². The van der Waals surface area contributed by atoms with Gasteiger partial charge in [-0.15, -0.1) is 0 Å². The Kier molecular flexibility index (Phi) is 9.00. The SMILES string of the molecule is CCN(CC)C(CNCC(=O)c1cccc(S(=O)(=O)N(C)C)c1)c1ccc(Cl)cc1. The van der Waals surface area contributed by atoms with Crippen LogP contribution < -0.4 is 5.32 Å². The Morgan fingerprint density at radius 3 is 2.27 bits per heavy atom. The first kappa shape index (κ1) is 24.5. The summed E-state index contributed by atoms with van der Waals surface area (Å²) in [6, 6.07) is 14.0. The van der Waals surface area contributed by atoms with Gasteiger partial charge in [-0.3, -0.25) is 9.69 Å². The summed E-state index contributed by atoms with van der Waals surface area (Å²) in [7, 11) is -0.646.